The number of aryl methyl sites for hydroxylation is 1. The molecule has 3 heteroatoms. The fraction of sp³-hybridized carbons (Fsp3) is 0.364. The van der Waals surface area contributed by atoms with E-state index in [-0.39, 0.29) is 5.92 Å². The molecule has 76 valence electrons. The van der Waals surface area contributed by atoms with Gasteiger partial charge in [0.25, 0.3) is 0 Å². The number of carbonyl (C=O) groups is 1. The fourth-order valence-corrected chi connectivity index (χ4v) is 1.53. The number of carboxylic acid groups (broad SMARTS) is 1. The maximum absolute atomic E-state index is 10.9. The summed E-state index contributed by atoms with van der Waals surface area (Å²) in [6.07, 6.45) is 0. The highest BCUT2D eigenvalue weighted by Gasteiger charge is 2.14. The molecule has 1 N–H and O–H groups in total. The molecule has 0 amide bonds. The molecular weight excluding hydrogens is 200 g/mol. The van der Waals surface area contributed by atoms with E-state index in [1.54, 1.807) is 19.1 Å². The zero-order valence-electron chi connectivity index (χ0n) is 8.47. The van der Waals surface area contributed by atoms with Crippen LogP contribution in [-0.4, -0.2) is 11.1 Å². The molecular formula is C11H13ClO2. The molecule has 14 heavy (non-hydrogen) atoms. The zero-order chi connectivity index (χ0) is 10.9. The van der Waals surface area contributed by atoms with Gasteiger partial charge in [-0.25, -0.2) is 4.79 Å². The molecule has 0 fully saturated rings. The molecule has 0 aliphatic carbocycles. The monoisotopic (exact) mass is 212 g/mol. The first kappa shape index (κ1) is 11.1. The highest BCUT2D eigenvalue weighted by Crippen LogP contribution is 2.26. The van der Waals surface area contributed by atoms with Gasteiger partial charge in [-0.2, -0.15) is 0 Å². The lowest BCUT2D eigenvalue weighted by Crippen LogP contribution is -2.04. The summed E-state index contributed by atoms with van der Waals surface area (Å²) in [6, 6.07) is 3.37. The minimum atomic E-state index is -0.895. The second-order valence-corrected chi connectivity index (χ2v) is 4.06. The van der Waals surface area contributed by atoms with E-state index >= 15 is 0 Å². The predicted molar refractivity (Wildman–Crippen MR) is 57.2 cm³/mol. The molecule has 1 aromatic rings. The van der Waals surface area contributed by atoms with Crippen LogP contribution in [0, 0.1) is 6.92 Å². The average Bonchev–Trinajstić information content (AvgIpc) is 2.08. The van der Waals surface area contributed by atoms with Gasteiger partial charge in [0.1, 0.15) is 0 Å². The van der Waals surface area contributed by atoms with Crippen LogP contribution in [-0.2, 0) is 0 Å². The summed E-state index contributed by atoms with van der Waals surface area (Å²) in [5.41, 5.74) is 1.93. The molecule has 1 rings (SSSR count). The Morgan fingerprint density at radius 1 is 1.43 bits per heavy atom. The van der Waals surface area contributed by atoms with E-state index in [1.807, 2.05) is 13.8 Å². The van der Waals surface area contributed by atoms with Crippen molar-refractivity contribution in [1.82, 2.24) is 0 Å². The first-order chi connectivity index (χ1) is 6.43. The minimum Gasteiger partial charge on any atom is -0.478 e. The molecule has 1 aromatic carbocycles. The number of aromatic carboxylic acids is 1. The number of rotatable bonds is 2. The van der Waals surface area contributed by atoms with Crippen molar-refractivity contribution in [3.63, 3.8) is 0 Å². The summed E-state index contributed by atoms with van der Waals surface area (Å²) in [4.78, 5) is 10.9. The SMILES string of the molecule is Cc1cc(C(=O)O)c(C(C)C)cc1Cl. The third-order valence-electron chi connectivity index (χ3n) is 2.18. The van der Waals surface area contributed by atoms with E-state index in [2.05, 4.69) is 0 Å². The second-order valence-electron chi connectivity index (χ2n) is 3.65. The van der Waals surface area contributed by atoms with Crippen molar-refractivity contribution in [2.24, 2.45) is 0 Å². The van der Waals surface area contributed by atoms with Crippen LogP contribution in [0.25, 0.3) is 0 Å². The van der Waals surface area contributed by atoms with Gasteiger partial charge in [-0.05, 0) is 36.1 Å². The quantitative estimate of drug-likeness (QED) is 0.815. The number of hydrogen-bond donors (Lipinski definition) is 1. The van der Waals surface area contributed by atoms with Crippen LogP contribution in [0.2, 0.25) is 5.02 Å². The van der Waals surface area contributed by atoms with E-state index in [9.17, 15) is 4.79 Å². The van der Waals surface area contributed by atoms with E-state index in [0.29, 0.717) is 10.6 Å². The summed E-state index contributed by atoms with van der Waals surface area (Å²) in [6.45, 7) is 5.71. The van der Waals surface area contributed by atoms with Gasteiger partial charge >= 0.3 is 5.97 Å². The van der Waals surface area contributed by atoms with Crippen molar-refractivity contribution in [2.75, 3.05) is 0 Å². The van der Waals surface area contributed by atoms with Crippen molar-refractivity contribution in [3.8, 4) is 0 Å². The highest BCUT2D eigenvalue weighted by molar-refractivity contribution is 6.31. The van der Waals surface area contributed by atoms with Crippen LogP contribution >= 0.6 is 11.6 Å². The van der Waals surface area contributed by atoms with Gasteiger partial charge in [-0.1, -0.05) is 25.4 Å². The summed E-state index contributed by atoms with van der Waals surface area (Å²) < 4.78 is 0. The molecule has 0 aliphatic heterocycles. The Morgan fingerprint density at radius 3 is 2.43 bits per heavy atom. The van der Waals surface area contributed by atoms with Crippen molar-refractivity contribution in [1.29, 1.82) is 0 Å². The van der Waals surface area contributed by atoms with Crippen molar-refractivity contribution >= 4 is 17.6 Å². The van der Waals surface area contributed by atoms with Crippen LogP contribution in [0.5, 0.6) is 0 Å². The fourth-order valence-electron chi connectivity index (χ4n) is 1.36. The van der Waals surface area contributed by atoms with Crippen LogP contribution in [0.3, 0.4) is 0 Å². The Bertz CT molecular complexity index is 370. The van der Waals surface area contributed by atoms with E-state index in [1.165, 1.54) is 0 Å². The lowest BCUT2D eigenvalue weighted by Gasteiger charge is -2.11. The van der Waals surface area contributed by atoms with E-state index in [4.69, 9.17) is 16.7 Å². The third kappa shape index (κ3) is 2.07. The first-order valence-corrected chi connectivity index (χ1v) is 4.84. The Balaban J connectivity index is 3.39. The normalized spacial score (nSPS) is 10.6. The van der Waals surface area contributed by atoms with Gasteiger partial charge in [0.2, 0.25) is 0 Å². The van der Waals surface area contributed by atoms with Gasteiger partial charge in [0, 0.05) is 5.02 Å². The summed E-state index contributed by atoms with van der Waals surface area (Å²) >= 11 is 5.94. The molecule has 0 unspecified atom stereocenters. The summed E-state index contributed by atoms with van der Waals surface area (Å²) in [5.74, 6) is -0.729. The van der Waals surface area contributed by atoms with Crippen LogP contribution in [0.15, 0.2) is 12.1 Å². The molecule has 0 radical (unpaired) electrons. The zero-order valence-corrected chi connectivity index (χ0v) is 9.22. The van der Waals surface area contributed by atoms with Crippen LogP contribution in [0.4, 0.5) is 0 Å². The summed E-state index contributed by atoms with van der Waals surface area (Å²) in [5, 5.41) is 9.61. The minimum absolute atomic E-state index is 0.166. The highest BCUT2D eigenvalue weighted by atomic mass is 35.5. The van der Waals surface area contributed by atoms with Gasteiger partial charge in [0.15, 0.2) is 0 Å². The molecule has 0 saturated carbocycles. The third-order valence-corrected chi connectivity index (χ3v) is 2.59. The van der Waals surface area contributed by atoms with Gasteiger partial charge in [-0.3, -0.25) is 0 Å². The van der Waals surface area contributed by atoms with Crippen LogP contribution < -0.4 is 0 Å². The first-order valence-electron chi connectivity index (χ1n) is 4.46. The number of halogens is 1. The molecule has 0 saturated heterocycles. The smallest absolute Gasteiger partial charge is 0.335 e. The van der Waals surface area contributed by atoms with E-state index < -0.39 is 5.97 Å². The number of carboxylic acids is 1. The largest absolute Gasteiger partial charge is 0.478 e. The molecule has 2 nitrogen and oxygen atoms in total. The Hall–Kier alpha value is -1.02. The summed E-state index contributed by atoms with van der Waals surface area (Å²) in [7, 11) is 0. The Morgan fingerprint density at radius 2 is 2.00 bits per heavy atom. The topological polar surface area (TPSA) is 37.3 Å². The Kier molecular flexibility index (Phi) is 3.17. The van der Waals surface area contributed by atoms with Gasteiger partial charge < -0.3 is 5.11 Å². The van der Waals surface area contributed by atoms with Crippen LogP contribution in [0.1, 0.15) is 41.3 Å². The van der Waals surface area contributed by atoms with Crippen molar-refractivity contribution < 1.29 is 9.90 Å². The molecule has 0 aliphatic rings. The van der Waals surface area contributed by atoms with E-state index in [0.717, 1.165) is 11.1 Å². The molecule has 0 bridgehead atoms. The standard InChI is InChI=1S/C11H13ClO2/c1-6(2)8-5-10(12)7(3)4-9(8)11(13)14/h4-6H,1-3H3,(H,13,14). The lowest BCUT2D eigenvalue weighted by molar-refractivity contribution is 0.0695. The van der Waals surface area contributed by atoms with Crippen molar-refractivity contribution in [2.45, 2.75) is 26.7 Å². The lowest BCUT2D eigenvalue weighted by atomic mass is 9.95. The molecule has 0 atom stereocenters. The molecule has 0 heterocycles. The Labute approximate surface area is 88.5 Å². The maximum Gasteiger partial charge on any atom is 0.335 e. The molecule has 0 aromatic heterocycles. The average molecular weight is 213 g/mol. The maximum atomic E-state index is 10.9. The van der Waals surface area contributed by atoms with Gasteiger partial charge in [-0.15, -0.1) is 0 Å². The number of hydrogen-bond acceptors (Lipinski definition) is 1. The van der Waals surface area contributed by atoms with Gasteiger partial charge in [0.05, 0.1) is 5.56 Å². The number of benzene rings is 1. The van der Waals surface area contributed by atoms with Crippen molar-refractivity contribution in [3.05, 3.63) is 33.8 Å². The second kappa shape index (κ2) is 4.01. The predicted octanol–water partition coefficient (Wildman–Crippen LogP) is 3.47. The molecule has 0 spiro atoms.